The molecule has 0 heterocycles. The summed E-state index contributed by atoms with van der Waals surface area (Å²) in [6.45, 7) is 3.57. The Balaban J connectivity index is 2.21. The van der Waals surface area contributed by atoms with E-state index in [9.17, 15) is 0 Å². The van der Waals surface area contributed by atoms with Gasteiger partial charge in [-0.15, -0.1) is 0 Å². The third-order valence-electron chi connectivity index (χ3n) is 4.19. The van der Waals surface area contributed by atoms with Crippen LogP contribution in [0.2, 0.25) is 0 Å². The number of hydrogen-bond donors (Lipinski definition) is 1. The second-order valence-corrected chi connectivity index (χ2v) is 5.62. The molecule has 1 aromatic carbocycles. The van der Waals surface area contributed by atoms with Crippen LogP contribution in [0.5, 0.6) is 0 Å². The van der Waals surface area contributed by atoms with E-state index in [4.69, 9.17) is 10.5 Å². The van der Waals surface area contributed by atoms with Crippen molar-refractivity contribution in [3.8, 4) is 0 Å². The second-order valence-electron chi connectivity index (χ2n) is 5.62. The first kappa shape index (κ1) is 14.5. The first-order valence-electron chi connectivity index (χ1n) is 7.18. The Morgan fingerprint density at radius 3 is 2.63 bits per heavy atom. The molecule has 1 aliphatic rings. The number of nitrogens with two attached hydrogens (primary N) is 1. The highest BCUT2D eigenvalue weighted by Crippen LogP contribution is 2.43. The second kappa shape index (κ2) is 6.51. The number of methoxy groups -OCH3 is 1. The number of nitrogens with zero attached hydrogens (tertiary/aromatic N) is 1. The highest BCUT2D eigenvalue weighted by Gasteiger charge is 2.29. The third kappa shape index (κ3) is 3.35. The first-order chi connectivity index (χ1) is 9.19. The molecule has 0 bridgehead atoms. The summed E-state index contributed by atoms with van der Waals surface area (Å²) in [5.74, 6) is 0.761. The zero-order valence-electron chi connectivity index (χ0n) is 12.3. The van der Waals surface area contributed by atoms with Gasteiger partial charge >= 0.3 is 0 Å². The van der Waals surface area contributed by atoms with Gasteiger partial charge in [0.2, 0.25) is 0 Å². The minimum Gasteiger partial charge on any atom is -0.383 e. The number of rotatable bonds is 7. The SMILES string of the molecule is COCC(C)N(C)C(CN)c1ccccc1C1CC1. The summed E-state index contributed by atoms with van der Waals surface area (Å²) in [7, 11) is 3.89. The molecular weight excluding hydrogens is 236 g/mol. The van der Waals surface area contributed by atoms with Crippen LogP contribution in [0.25, 0.3) is 0 Å². The van der Waals surface area contributed by atoms with Crippen LogP contribution in [-0.4, -0.2) is 38.3 Å². The van der Waals surface area contributed by atoms with E-state index in [1.807, 2.05) is 0 Å². The number of hydrogen-bond acceptors (Lipinski definition) is 3. The van der Waals surface area contributed by atoms with E-state index in [0.29, 0.717) is 12.6 Å². The molecule has 0 amide bonds. The van der Waals surface area contributed by atoms with Gasteiger partial charge in [0.25, 0.3) is 0 Å². The van der Waals surface area contributed by atoms with Gasteiger partial charge in [0.05, 0.1) is 6.61 Å². The molecule has 3 heteroatoms. The van der Waals surface area contributed by atoms with E-state index in [-0.39, 0.29) is 6.04 Å². The molecule has 0 aromatic heterocycles. The molecule has 19 heavy (non-hydrogen) atoms. The quantitative estimate of drug-likeness (QED) is 0.820. The van der Waals surface area contributed by atoms with Crippen molar-refractivity contribution in [3.63, 3.8) is 0 Å². The Kier molecular flexibility index (Phi) is 4.97. The van der Waals surface area contributed by atoms with Gasteiger partial charge in [-0.1, -0.05) is 24.3 Å². The molecule has 0 aliphatic heterocycles. The molecular formula is C16H26N2O. The molecule has 2 unspecified atom stereocenters. The number of ether oxygens (including phenoxy) is 1. The van der Waals surface area contributed by atoms with Gasteiger partial charge in [0, 0.05) is 25.7 Å². The summed E-state index contributed by atoms with van der Waals surface area (Å²) >= 11 is 0. The summed E-state index contributed by atoms with van der Waals surface area (Å²) in [5, 5.41) is 0. The molecule has 2 rings (SSSR count). The Morgan fingerprint density at radius 2 is 2.05 bits per heavy atom. The molecule has 106 valence electrons. The minimum atomic E-state index is 0.280. The molecule has 0 spiro atoms. The van der Waals surface area contributed by atoms with Crippen molar-refractivity contribution in [1.82, 2.24) is 4.90 Å². The van der Waals surface area contributed by atoms with Gasteiger partial charge in [0.15, 0.2) is 0 Å². The highest BCUT2D eigenvalue weighted by atomic mass is 16.5. The predicted octanol–water partition coefficient (Wildman–Crippen LogP) is 2.53. The van der Waals surface area contributed by atoms with Gasteiger partial charge in [-0.3, -0.25) is 4.90 Å². The van der Waals surface area contributed by atoms with Crippen molar-refractivity contribution in [2.45, 2.75) is 37.8 Å². The third-order valence-corrected chi connectivity index (χ3v) is 4.19. The largest absolute Gasteiger partial charge is 0.383 e. The predicted molar refractivity (Wildman–Crippen MR) is 79.3 cm³/mol. The average Bonchev–Trinajstić information content (AvgIpc) is 3.24. The lowest BCUT2D eigenvalue weighted by Crippen LogP contribution is -2.39. The standard InChI is InChI=1S/C16H26N2O/c1-12(11-19-3)18(2)16(10-17)15-7-5-4-6-14(15)13-8-9-13/h4-7,12-13,16H,8-11,17H2,1-3H3. The maximum absolute atomic E-state index is 6.05. The lowest BCUT2D eigenvalue weighted by atomic mass is 9.95. The summed E-state index contributed by atoms with van der Waals surface area (Å²) in [4.78, 5) is 2.34. The number of likely N-dealkylation sites (N-methyl/N-ethyl adjacent to an activating group) is 1. The van der Waals surface area contributed by atoms with E-state index >= 15 is 0 Å². The molecule has 1 aliphatic carbocycles. The van der Waals surface area contributed by atoms with Gasteiger partial charge in [-0.2, -0.15) is 0 Å². The Labute approximate surface area is 116 Å². The van der Waals surface area contributed by atoms with Crippen LogP contribution in [0, 0.1) is 0 Å². The summed E-state index contributed by atoms with van der Waals surface area (Å²) in [6.07, 6.45) is 2.65. The topological polar surface area (TPSA) is 38.5 Å². The van der Waals surface area contributed by atoms with Crippen LogP contribution < -0.4 is 5.73 Å². The Bertz CT molecular complexity index is 403. The minimum absolute atomic E-state index is 0.280. The molecule has 2 N–H and O–H groups in total. The van der Waals surface area contributed by atoms with Crippen molar-refractivity contribution in [2.24, 2.45) is 5.73 Å². The van der Waals surface area contributed by atoms with Gasteiger partial charge in [0.1, 0.15) is 0 Å². The van der Waals surface area contributed by atoms with Crippen molar-refractivity contribution < 1.29 is 4.74 Å². The fraction of sp³-hybridized carbons (Fsp3) is 0.625. The van der Waals surface area contributed by atoms with Crippen molar-refractivity contribution in [2.75, 3.05) is 27.3 Å². The number of benzene rings is 1. The van der Waals surface area contributed by atoms with E-state index < -0.39 is 0 Å². The van der Waals surface area contributed by atoms with Gasteiger partial charge in [-0.25, -0.2) is 0 Å². The molecule has 1 saturated carbocycles. The molecule has 1 aromatic rings. The van der Waals surface area contributed by atoms with Crippen molar-refractivity contribution in [1.29, 1.82) is 0 Å². The zero-order valence-corrected chi connectivity index (χ0v) is 12.3. The van der Waals surface area contributed by atoms with Gasteiger partial charge < -0.3 is 10.5 Å². The lowest BCUT2D eigenvalue weighted by molar-refractivity contribution is 0.0908. The molecule has 0 radical (unpaired) electrons. The zero-order chi connectivity index (χ0) is 13.8. The van der Waals surface area contributed by atoms with Crippen LogP contribution in [0.15, 0.2) is 24.3 Å². The molecule has 0 saturated heterocycles. The fourth-order valence-electron chi connectivity index (χ4n) is 2.76. The molecule has 1 fully saturated rings. The van der Waals surface area contributed by atoms with E-state index in [2.05, 4.69) is 43.1 Å². The van der Waals surface area contributed by atoms with Crippen LogP contribution in [0.1, 0.15) is 42.9 Å². The fourth-order valence-corrected chi connectivity index (χ4v) is 2.76. The van der Waals surface area contributed by atoms with E-state index in [1.54, 1.807) is 7.11 Å². The van der Waals surface area contributed by atoms with Crippen molar-refractivity contribution >= 4 is 0 Å². The van der Waals surface area contributed by atoms with E-state index in [1.165, 1.54) is 24.0 Å². The van der Waals surface area contributed by atoms with Crippen LogP contribution in [0.4, 0.5) is 0 Å². The van der Waals surface area contributed by atoms with E-state index in [0.717, 1.165) is 12.5 Å². The summed E-state index contributed by atoms with van der Waals surface area (Å²) < 4.78 is 5.26. The lowest BCUT2D eigenvalue weighted by Gasteiger charge is -2.33. The summed E-state index contributed by atoms with van der Waals surface area (Å²) in [6, 6.07) is 9.42. The maximum Gasteiger partial charge on any atom is 0.0615 e. The first-order valence-corrected chi connectivity index (χ1v) is 7.18. The van der Waals surface area contributed by atoms with Crippen molar-refractivity contribution in [3.05, 3.63) is 35.4 Å². The normalized spacial score (nSPS) is 18.6. The maximum atomic E-state index is 6.05. The van der Waals surface area contributed by atoms with Crippen LogP contribution >= 0.6 is 0 Å². The Hall–Kier alpha value is -0.900. The molecule has 3 nitrogen and oxygen atoms in total. The average molecular weight is 262 g/mol. The van der Waals surface area contributed by atoms with Crippen LogP contribution in [-0.2, 0) is 4.74 Å². The molecule has 2 atom stereocenters. The van der Waals surface area contributed by atoms with Crippen LogP contribution in [0.3, 0.4) is 0 Å². The Morgan fingerprint density at radius 1 is 1.37 bits per heavy atom. The monoisotopic (exact) mass is 262 g/mol. The smallest absolute Gasteiger partial charge is 0.0615 e. The highest BCUT2D eigenvalue weighted by molar-refractivity contribution is 5.35. The van der Waals surface area contributed by atoms with Gasteiger partial charge in [-0.05, 0) is 43.9 Å². The summed E-state index contributed by atoms with van der Waals surface area (Å²) in [5.41, 5.74) is 8.94.